The average Bonchev–Trinajstić information content (AvgIpc) is 2.38. The molecule has 18 heavy (non-hydrogen) atoms. The standard InChI is InChI=1S/C16H28N2/c1-6-8-13-9-11-14(12-10-13)15(17)16(3,7-2)18(4)5/h9-12,15H,6-8,17H2,1-5H3. The van der Waals surface area contributed by atoms with Gasteiger partial charge in [-0.2, -0.15) is 0 Å². The molecule has 2 nitrogen and oxygen atoms in total. The number of benzene rings is 1. The van der Waals surface area contributed by atoms with Gasteiger partial charge < -0.3 is 10.6 Å². The summed E-state index contributed by atoms with van der Waals surface area (Å²) in [5.74, 6) is 0. The Morgan fingerprint density at radius 3 is 2.11 bits per heavy atom. The van der Waals surface area contributed by atoms with Crippen LogP contribution in [0.25, 0.3) is 0 Å². The summed E-state index contributed by atoms with van der Waals surface area (Å²) in [6, 6.07) is 8.85. The molecule has 0 spiro atoms. The molecule has 0 saturated heterocycles. The van der Waals surface area contributed by atoms with Crippen molar-refractivity contribution in [1.82, 2.24) is 4.90 Å². The van der Waals surface area contributed by atoms with Crippen LogP contribution in [0.5, 0.6) is 0 Å². The molecule has 2 unspecified atom stereocenters. The van der Waals surface area contributed by atoms with Crippen LogP contribution in [0, 0.1) is 0 Å². The monoisotopic (exact) mass is 248 g/mol. The van der Waals surface area contributed by atoms with Crippen LogP contribution in [0.2, 0.25) is 0 Å². The van der Waals surface area contributed by atoms with Gasteiger partial charge in [0.2, 0.25) is 0 Å². The summed E-state index contributed by atoms with van der Waals surface area (Å²) in [4.78, 5) is 2.23. The molecule has 2 atom stereocenters. The minimum absolute atomic E-state index is 0.00622. The van der Waals surface area contributed by atoms with Crippen LogP contribution in [0.4, 0.5) is 0 Å². The lowest BCUT2D eigenvalue weighted by molar-refractivity contribution is 0.132. The maximum atomic E-state index is 6.47. The lowest BCUT2D eigenvalue weighted by Crippen LogP contribution is -2.49. The number of rotatable bonds is 6. The fraction of sp³-hybridized carbons (Fsp3) is 0.625. The van der Waals surface area contributed by atoms with Gasteiger partial charge in [-0.25, -0.2) is 0 Å². The van der Waals surface area contributed by atoms with E-state index in [-0.39, 0.29) is 11.6 Å². The van der Waals surface area contributed by atoms with Gasteiger partial charge >= 0.3 is 0 Å². The molecule has 0 saturated carbocycles. The zero-order chi connectivity index (χ0) is 13.8. The molecule has 0 fully saturated rings. The third-order valence-corrected chi connectivity index (χ3v) is 4.28. The fourth-order valence-electron chi connectivity index (χ4n) is 2.35. The highest BCUT2D eigenvalue weighted by Crippen LogP contribution is 2.30. The molecule has 102 valence electrons. The number of hydrogen-bond acceptors (Lipinski definition) is 2. The van der Waals surface area contributed by atoms with E-state index in [0.29, 0.717) is 0 Å². The molecule has 0 amide bonds. The van der Waals surface area contributed by atoms with Crippen molar-refractivity contribution in [3.63, 3.8) is 0 Å². The second-order valence-electron chi connectivity index (χ2n) is 5.57. The van der Waals surface area contributed by atoms with Gasteiger partial charge in [-0.05, 0) is 45.0 Å². The van der Waals surface area contributed by atoms with Gasteiger partial charge in [-0.3, -0.25) is 0 Å². The minimum atomic E-state index is 0.00622. The summed E-state index contributed by atoms with van der Waals surface area (Å²) in [5.41, 5.74) is 9.10. The van der Waals surface area contributed by atoms with Gasteiger partial charge in [0.05, 0.1) is 0 Å². The smallest absolute Gasteiger partial charge is 0.0479 e. The van der Waals surface area contributed by atoms with Crippen LogP contribution in [-0.2, 0) is 6.42 Å². The van der Waals surface area contributed by atoms with Gasteiger partial charge in [-0.1, -0.05) is 44.5 Å². The second-order valence-corrected chi connectivity index (χ2v) is 5.57. The number of aryl methyl sites for hydroxylation is 1. The van der Waals surface area contributed by atoms with E-state index >= 15 is 0 Å². The first-order chi connectivity index (χ1) is 8.45. The maximum Gasteiger partial charge on any atom is 0.0479 e. The molecule has 2 heteroatoms. The van der Waals surface area contributed by atoms with E-state index < -0.39 is 0 Å². The highest BCUT2D eigenvalue weighted by atomic mass is 15.2. The summed E-state index contributed by atoms with van der Waals surface area (Å²) < 4.78 is 0. The first-order valence-corrected chi connectivity index (χ1v) is 6.97. The van der Waals surface area contributed by atoms with Crippen LogP contribution >= 0.6 is 0 Å². The van der Waals surface area contributed by atoms with E-state index in [1.165, 1.54) is 17.5 Å². The summed E-state index contributed by atoms with van der Waals surface area (Å²) >= 11 is 0. The van der Waals surface area contributed by atoms with Crippen molar-refractivity contribution < 1.29 is 0 Å². The van der Waals surface area contributed by atoms with Crippen molar-refractivity contribution in [2.45, 2.75) is 51.6 Å². The number of hydrogen-bond donors (Lipinski definition) is 1. The van der Waals surface area contributed by atoms with Crippen molar-refractivity contribution in [3.05, 3.63) is 35.4 Å². The fourth-order valence-corrected chi connectivity index (χ4v) is 2.35. The van der Waals surface area contributed by atoms with E-state index in [2.05, 4.69) is 64.0 Å². The minimum Gasteiger partial charge on any atom is -0.322 e. The Morgan fingerprint density at radius 1 is 1.17 bits per heavy atom. The molecule has 0 aliphatic carbocycles. The Bertz CT molecular complexity index is 356. The third kappa shape index (κ3) is 3.12. The van der Waals surface area contributed by atoms with E-state index in [1.54, 1.807) is 0 Å². The highest BCUT2D eigenvalue weighted by Gasteiger charge is 2.32. The summed E-state index contributed by atoms with van der Waals surface area (Å²) in [6.07, 6.45) is 3.38. The summed E-state index contributed by atoms with van der Waals surface area (Å²) in [6.45, 7) is 6.64. The van der Waals surface area contributed by atoms with E-state index in [9.17, 15) is 0 Å². The first kappa shape index (κ1) is 15.2. The second kappa shape index (κ2) is 6.35. The van der Waals surface area contributed by atoms with Crippen molar-refractivity contribution in [2.24, 2.45) is 5.73 Å². The maximum absolute atomic E-state index is 6.47. The molecule has 2 N–H and O–H groups in total. The lowest BCUT2D eigenvalue weighted by atomic mass is 9.84. The molecule has 1 rings (SSSR count). The predicted octanol–water partition coefficient (Wildman–Crippen LogP) is 3.37. The zero-order valence-corrected chi connectivity index (χ0v) is 12.5. The van der Waals surface area contributed by atoms with E-state index in [4.69, 9.17) is 5.73 Å². The van der Waals surface area contributed by atoms with Crippen LogP contribution in [-0.4, -0.2) is 24.5 Å². The molecule has 1 aromatic rings. The Hall–Kier alpha value is -0.860. The molecular formula is C16H28N2. The molecule has 1 aromatic carbocycles. The van der Waals surface area contributed by atoms with Gasteiger partial charge in [0, 0.05) is 11.6 Å². The number of likely N-dealkylation sites (N-methyl/N-ethyl adjacent to an activating group) is 1. The van der Waals surface area contributed by atoms with Crippen LogP contribution in [0.1, 0.15) is 50.8 Å². The predicted molar refractivity (Wildman–Crippen MR) is 79.7 cm³/mol. The highest BCUT2D eigenvalue weighted by molar-refractivity contribution is 5.27. The average molecular weight is 248 g/mol. The first-order valence-electron chi connectivity index (χ1n) is 6.97. The molecule has 0 bridgehead atoms. The van der Waals surface area contributed by atoms with Crippen LogP contribution in [0.3, 0.4) is 0 Å². The van der Waals surface area contributed by atoms with Crippen LogP contribution < -0.4 is 5.73 Å². The Balaban J connectivity index is 2.92. The van der Waals surface area contributed by atoms with E-state index in [0.717, 1.165) is 12.8 Å². The van der Waals surface area contributed by atoms with Crippen molar-refractivity contribution in [1.29, 1.82) is 0 Å². The van der Waals surface area contributed by atoms with Crippen molar-refractivity contribution >= 4 is 0 Å². The summed E-state index contributed by atoms with van der Waals surface area (Å²) in [5, 5.41) is 0. The summed E-state index contributed by atoms with van der Waals surface area (Å²) in [7, 11) is 4.21. The lowest BCUT2D eigenvalue weighted by Gasteiger charge is -2.41. The topological polar surface area (TPSA) is 29.3 Å². The SMILES string of the molecule is CCCc1ccc(C(N)C(C)(CC)N(C)C)cc1. The molecule has 0 aliphatic heterocycles. The van der Waals surface area contributed by atoms with Gasteiger partial charge in [0.15, 0.2) is 0 Å². The zero-order valence-electron chi connectivity index (χ0n) is 12.5. The van der Waals surface area contributed by atoms with Gasteiger partial charge in [0.25, 0.3) is 0 Å². The quantitative estimate of drug-likeness (QED) is 0.836. The van der Waals surface area contributed by atoms with Gasteiger partial charge in [-0.15, -0.1) is 0 Å². The van der Waals surface area contributed by atoms with Crippen molar-refractivity contribution in [2.75, 3.05) is 14.1 Å². The Kier molecular flexibility index (Phi) is 5.36. The molecule has 0 heterocycles. The molecule has 0 aromatic heterocycles. The Labute approximate surface area is 112 Å². The molecule has 0 aliphatic rings. The van der Waals surface area contributed by atoms with Crippen molar-refractivity contribution in [3.8, 4) is 0 Å². The van der Waals surface area contributed by atoms with Gasteiger partial charge in [0.1, 0.15) is 0 Å². The molecular weight excluding hydrogens is 220 g/mol. The largest absolute Gasteiger partial charge is 0.322 e. The normalized spacial score (nSPS) is 16.6. The molecule has 0 radical (unpaired) electrons. The third-order valence-electron chi connectivity index (χ3n) is 4.28. The number of nitrogens with two attached hydrogens (primary N) is 1. The van der Waals surface area contributed by atoms with E-state index in [1.807, 2.05) is 0 Å². The van der Waals surface area contributed by atoms with Crippen LogP contribution in [0.15, 0.2) is 24.3 Å². The number of nitrogens with zero attached hydrogens (tertiary/aromatic N) is 1. The Morgan fingerprint density at radius 2 is 1.72 bits per heavy atom.